The number of hydrogen-bond acceptors (Lipinski definition) is 8. The van der Waals surface area contributed by atoms with Gasteiger partial charge in [-0.2, -0.15) is 0 Å². The van der Waals surface area contributed by atoms with E-state index in [2.05, 4.69) is 28.5 Å². The molecule has 0 radical (unpaired) electrons. The van der Waals surface area contributed by atoms with Crippen molar-refractivity contribution in [3.05, 3.63) is 64.8 Å². The Morgan fingerprint density at radius 2 is 1.90 bits per heavy atom. The molecule has 0 saturated carbocycles. The molecule has 0 aliphatic rings. The molecule has 30 heavy (non-hydrogen) atoms. The molecule has 0 spiro atoms. The molecule has 0 N–H and O–H groups in total. The van der Waals surface area contributed by atoms with Crippen LogP contribution in [0.15, 0.2) is 57.3 Å². The SMILES string of the molecule is CSc1sc(-c2nc(C)cs2)c(C)c1-c1ccnc(SCC(=O)c2ccccc2)n1. The predicted octanol–water partition coefficient (Wildman–Crippen LogP) is 6.64. The van der Waals surface area contributed by atoms with Gasteiger partial charge in [-0.05, 0) is 31.7 Å². The number of thiophene rings is 1. The fourth-order valence-electron chi connectivity index (χ4n) is 2.98. The van der Waals surface area contributed by atoms with Gasteiger partial charge in [0, 0.05) is 28.4 Å². The van der Waals surface area contributed by atoms with Gasteiger partial charge in [-0.1, -0.05) is 42.1 Å². The molecule has 0 unspecified atom stereocenters. The molecule has 0 atom stereocenters. The number of thiazole rings is 1. The van der Waals surface area contributed by atoms with E-state index in [1.165, 1.54) is 26.4 Å². The van der Waals surface area contributed by atoms with Gasteiger partial charge < -0.3 is 0 Å². The van der Waals surface area contributed by atoms with Gasteiger partial charge in [0.1, 0.15) is 5.01 Å². The first-order valence-electron chi connectivity index (χ1n) is 9.21. The Hall–Kier alpha value is -2.00. The summed E-state index contributed by atoms with van der Waals surface area (Å²) >= 11 is 6.53. The van der Waals surface area contributed by atoms with Crippen molar-refractivity contribution < 1.29 is 4.79 Å². The molecule has 8 heteroatoms. The number of ketones is 1. The normalized spacial score (nSPS) is 11.0. The maximum Gasteiger partial charge on any atom is 0.188 e. The Kier molecular flexibility index (Phi) is 6.67. The Morgan fingerprint density at radius 3 is 2.60 bits per heavy atom. The second-order valence-electron chi connectivity index (χ2n) is 6.52. The summed E-state index contributed by atoms with van der Waals surface area (Å²) < 4.78 is 1.21. The van der Waals surface area contributed by atoms with Crippen LogP contribution in [0.3, 0.4) is 0 Å². The zero-order chi connectivity index (χ0) is 21.1. The lowest BCUT2D eigenvalue weighted by molar-refractivity contribution is 0.102. The fraction of sp³-hybridized carbons (Fsp3) is 0.182. The van der Waals surface area contributed by atoms with Gasteiger partial charge in [0.15, 0.2) is 10.9 Å². The Morgan fingerprint density at radius 1 is 1.10 bits per heavy atom. The van der Waals surface area contributed by atoms with E-state index in [1.54, 1.807) is 40.6 Å². The van der Waals surface area contributed by atoms with E-state index in [0.29, 0.717) is 16.5 Å². The molecule has 4 aromatic rings. The number of thioether (sulfide) groups is 2. The third-order valence-corrected chi connectivity index (χ3v) is 8.82. The summed E-state index contributed by atoms with van der Waals surface area (Å²) in [6.07, 6.45) is 3.85. The molecule has 0 amide bonds. The van der Waals surface area contributed by atoms with E-state index in [1.807, 2.05) is 43.3 Å². The van der Waals surface area contributed by atoms with Crippen LogP contribution >= 0.6 is 46.2 Å². The third kappa shape index (κ3) is 4.51. The summed E-state index contributed by atoms with van der Waals surface area (Å²) in [5, 5.41) is 3.74. The molecule has 4 nitrogen and oxygen atoms in total. The van der Waals surface area contributed by atoms with E-state index in [0.717, 1.165) is 22.0 Å². The van der Waals surface area contributed by atoms with Crippen LogP contribution in [0, 0.1) is 13.8 Å². The number of nitrogens with zero attached hydrogens (tertiary/aromatic N) is 3. The largest absolute Gasteiger partial charge is 0.293 e. The zero-order valence-electron chi connectivity index (χ0n) is 16.7. The number of Topliss-reactive ketones (excluding diaryl/α,β-unsaturated/α-hetero) is 1. The van der Waals surface area contributed by atoms with E-state index in [4.69, 9.17) is 4.98 Å². The summed E-state index contributed by atoms with van der Waals surface area (Å²) in [6.45, 7) is 4.15. The van der Waals surface area contributed by atoms with Crippen LogP contribution in [-0.4, -0.2) is 32.7 Å². The van der Waals surface area contributed by atoms with E-state index >= 15 is 0 Å². The number of aryl methyl sites for hydroxylation is 1. The number of carbonyl (C=O) groups excluding carboxylic acids is 1. The second-order valence-corrected chi connectivity index (χ2v) is 10.4. The third-order valence-electron chi connectivity index (χ3n) is 4.43. The van der Waals surface area contributed by atoms with Crippen LogP contribution in [-0.2, 0) is 0 Å². The molecular weight excluding hydrogens is 451 g/mol. The van der Waals surface area contributed by atoms with Crippen LogP contribution in [0.5, 0.6) is 0 Å². The van der Waals surface area contributed by atoms with Crippen molar-refractivity contribution >= 4 is 52.0 Å². The quantitative estimate of drug-likeness (QED) is 0.172. The number of rotatable bonds is 7. The number of hydrogen-bond donors (Lipinski definition) is 0. The van der Waals surface area contributed by atoms with Gasteiger partial charge in [-0.25, -0.2) is 15.0 Å². The van der Waals surface area contributed by atoms with Crippen molar-refractivity contribution in [3.63, 3.8) is 0 Å². The van der Waals surface area contributed by atoms with E-state index in [-0.39, 0.29) is 5.78 Å². The average Bonchev–Trinajstić information content (AvgIpc) is 3.35. The first kappa shape index (κ1) is 21.2. The minimum absolute atomic E-state index is 0.0764. The molecule has 0 aliphatic carbocycles. The predicted molar refractivity (Wildman–Crippen MR) is 129 cm³/mol. The topological polar surface area (TPSA) is 55.7 Å². The fourth-order valence-corrected chi connectivity index (χ4v) is 6.74. The van der Waals surface area contributed by atoms with Crippen LogP contribution in [0.2, 0.25) is 0 Å². The molecule has 152 valence electrons. The van der Waals surface area contributed by atoms with Crippen molar-refractivity contribution in [1.82, 2.24) is 15.0 Å². The van der Waals surface area contributed by atoms with Crippen LogP contribution < -0.4 is 0 Å². The highest BCUT2D eigenvalue weighted by Crippen LogP contribution is 2.46. The molecule has 0 saturated heterocycles. The lowest BCUT2D eigenvalue weighted by Crippen LogP contribution is -2.03. The van der Waals surface area contributed by atoms with Crippen molar-refractivity contribution in [3.8, 4) is 21.1 Å². The standard InChI is InChI=1S/C22H19N3OS4/c1-13-11-28-20(24-13)19-14(2)18(21(27-3)30-19)16-9-10-23-22(25-16)29-12-17(26)15-7-5-4-6-8-15/h4-11H,12H2,1-3H3. The summed E-state index contributed by atoms with van der Waals surface area (Å²) in [7, 11) is 0. The van der Waals surface area contributed by atoms with Gasteiger partial charge in [0.25, 0.3) is 0 Å². The summed E-state index contributed by atoms with van der Waals surface area (Å²) in [5.41, 5.74) is 4.96. The van der Waals surface area contributed by atoms with Crippen LogP contribution in [0.4, 0.5) is 0 Å². The lowest BCUT2D eigenvalue weighted by Gasteiger charge is -2.06. The maximum atomic E-state index is 12.4. The minimum Gasteiger partial charge on any atom is -0.293 e. The highest BCUT2D eigenvalue weighted by atomic mass is 32.2. The smallest absolute Gasteiger partial charge is 0.188 e. The summed E-state index contributed by atoms with van der Waals surface area (Å²) in [6, 6.07) is 11.3. The highest BCUT2D eigenvalue weighted by molar-refractivity contribution is 8.00. The van der Waals surface area contributed by atoms with E-state index in [9.17, 15) is 4.79 Å². The first-order valence-corrected chi connectivity index (χ1v) is 13.1. The van der Waals surface area contributed by atoms with Gasteiger partial charge >= 0.3 is 0 Å². The molecule has 1 aromatic carbocycles. The Bertz CT molecular complexity index is 1180. The minimum atomic E-state index is 0.0764. The number of benzene rings is 1. The van der Waals surface area contributed by atoms with E-state index < -0.39 is 0 Å². The molecule has 0 aliphatic heterocycles. The Labute approximate surface area is 192 Å². The number of carbonyl (C=O) groups is 1. The molecule has 3 aromatic heterocycles. The Balaban J connectivity index is 1.61. The summed E-state index contributed by atoms with van der Waals surface area (Å²) in [5.74, 6) is 0.391. The molecule has 3 heterocycles. The zero-order valence-corrected chi connectivity index (χ0v) is 20.0. The van der Waals surface area contributed by atoms with Crippen molar-refractivity contribution in [2.75, 3.05) is 12.0 Å². The van der Waals surface area contributed by atoms with Gasteiger partial charge in [-0.15, -0.1) is 34.4 Å². The van der Waals surface area contributed by atoms with Crippen molar-refractivity contribution in [2.45, 2.75) is 23.2 Å². The lowest BCUT2D eigenvalue weighted by atomic mass is 10.1. The highest BCUT2D eigenvalue weighted by Gasteiger charge is 2.20. The van der Waals surface area contributed by atoms with Gasteiger partial charge in [0.2, 0.25) is 0 Å². The monoisotopic (exact) mass is 469 g/mol. The van der Waals surface area contributed by atoms with Crippen LogP contribution in [0.1, 0.15) is 21.6 Å². The molecule has 0 bridgehead atoms. The molecular formula is C22H19N3OS4. The number of aromatic nitrogens is 3. The molecule has 0 fully saturated rings. The maximum absolute atomic E-state index is 12.4. The van der Waals surface area contributed by atoms with Gasteiger partial charge in [0.05, 0.1) is 20.5 Å². The van der Waals surface area contributed by atoms with Crippen molar-refractivity contribution in [2.24, 2.45) is 0 Å². The summed E-state index contributed by atoms with van der Waals surface area (Å²) in [4.78, 5) is 27.4. The second kappa shape index (κ2) is 9.43. The van der Waals surface area contributed by atoms with Crippen LogP contribution in [0.25, 0.3) is 21.1 Å². The molecule has 4 rings (SSSR count). The first-order chi connectivity index (χ1) is 14.6. The average molecular weight is 470 g/mol. The van der Waals surface area contributed by atoms with Crippen molar-refractivity contribution in [1.29, 1.82) is 0 Å². The van der Waals surface area contributed by atoms with Gasteiger partial charge in [-0.3, -0.25) is 4.79 Å².